The third-order valence-corrected chi connectivity index (χ3v) is 1.62. The maximum absolute atomic E-state index is 11.8. The summed E-state index contributed by atoms with van der Waals surface area (Å²) in [5.41, 5.74) is -2.12. The molecule has 0 aromatic rings. The molecule has 0 heterocycles. The summed E-state index contributed by atoms with van der Waals surface area (Å²) >= 11 is 0. The minimum atomic E-state index is -4.42. The molecule has 0 saturated carbocycles. The Balaban J connectivity index is 0. The van der Waals surface area contributed by atoms with E-state index in [9.17, 15) is 12.8 Å². The summed E-state index contributed by atoms with van der Waals surface area (Å²) in [5, 5.41) is 0. The van der Waals surface area contributed by atoms with E-state index < -0.39 is 15.6 Å². The first kappa shape index (κ1) is 12.3. The van der Waals surface area contributed by atoms with Crippen molar-refractivity contribution in [1.82, 2.24) is 0 Å². The van der Waals surface area contributed by atoms with Crippen LogP contribution in [0.1, 0.15) is 13.3 Å². The first-order valence-electron chi connectivity index (χ1n) is 2.09. The fraction of sp³-hybridized carbons (Fsp3) is 1.00. The highest BCUT2D eigenvalue weighted by Crippen LogP contribution is 2.02. The van der Waals surface area contributed by atoms with Crippen molar-refractivity contribution in [1.29, 1.82) is 0 Å². The predicted octanol–water partition coefficient (Wildman–Crippen LogP) is 1.20. The Morgan fingerprint density at radius 1 is 1.67 bits per heavy atom. The highest BCUT2D eigenvalue weighted by Gasteiger charge is 2.18. The van der Waals surface area contributed by atoms with Gasteiger partial charge in [-0.25, -0.2) is 4.39 Å². The molecule has 0 bridgehead atoms. The molecule has 9 heavy (non-hydrogen) atoms. The minimum absolute atomic E-state index is 0. The average molecular weight is 270 g/mol. The zero-order valence-corrected chi connectivity index (χ0v) is 7.89. The summed E-state index contributed by atoms with van der Waals surface area (Å²) in [6.07, 6.45) is -0.209. The van der Waals surface area contributed by atoms with Crippen molar-refractivity contribution in [3.8, 4) is 0 Å². The zero-order chi connectivity index (χ0) is 6.78. The van der Waals surface area contributed by atoms with Gasteiger partial charge in [0.25, 0.3) is 10.1 Å². The van der Waals surface area contributed by atoms with Crippen molar-refractivity contribution >= 4 is 34.1 Å². The van der Waals surface area contributed by atoms with E-state index in [4.69, 9.17) is 4.55 Å². The molecule has 6 heteroatoms. The summed E-state index contributed by atoms with van der Waals surface area (Å²) in [5.74, 6) is 0. The zero-order valence-electron chi connectivity index (χ0n) is 4.74. The summed E-state index contributed by atoms with van der Waals surface area (Å²) in [6, 6.07) is 0. The number of rotatable bonds is 2. The van der Waals surface area contributed by atoms with Gasteiger partial charge in [0, 0.05) is 0 Å². The highest BCUT2D eigenvalue weighted by atomic mass is 127. The Morgan fingerprint density at radius 3 is 2.00 bits per heavy atom. The molecule has 0 aliphatic carbocycles. The van der Waals surface area contributed by atoms with Gasteiger partial charge >= 0.3 is 0 Å². The fourth-order valence-electron chi connectivity index (χ4n) is 0.211. The van der Waals surface area contributed by atoms with Gasteiger partial charge in [0.2, 0.25) is 5.50 Å². The number of hydrogen-bond acceptors (Lipinski definition) is 2. The maximum Gasteiger partial charge on any atom is 0.297 e. The molecule has 1 unspecified atom stereocenters. The first-order chi connectivity index (χ1) is 3.48. The van der Waals surface area contributed by atoms with Gasteiger partial charge in [-0.1, -0.05) is 6.92 Å². The second-order valence-corrected chi connectivity index (χ2v) is 2.87. The molecule has 1 N–H and O–H groups in total. The Kier molecular flexibility index (Phi) is 5.99. The molecule has 0 aliphatic heterocycles. The van der Waals surface area contributed by atoms with Crippen molar-refractivity contribution in [2.75, 3.05) is 0 Å². The monoisotopic (exact) mass is 270 g/mol. The molecule has 3 nitrogen and oxygen atoms in total. The SMILES string of the molecule is CCC(F)S(=O)(=O)O.I. The van der Waals surface area contributed by atoms with Crippen LogP contribution >= 0.6 is 24.0 Å². The van der Waals surface area contributed by atoms with Gasteiger partial charge in [0.15, 0.2) is 0 Å². The van der Waals surface area contributed by atoms with E-state index in [-0.39, 0.29) is 30.4 Å². The molecule has 0 aliphatic rings. The van der Waals surface area contributed by atoms with Crippen LogP contribution in [0.2, 0.25) is 0 Å². The van der Waals surface area contributed by atoms with Crippen LogP contribution in [0, 0.1) is 0 Å². The van der Waals surface area contributed by atoms with E-state index in [1.165, 1.54) is 6.92 Å². The molecule has 0 radical (unpaired) electrons. The standard InChI is InChI=1S/C3H7FO3S.HI/c1-2-3(4)8(5,6)7;/h3H,2H2,1H3,(H,5,6,7);1H. The van der Waals surface area contributed by atoms with Crippen LogP contribution < -0.4 is 0 Å². The highest BCUT2D eigenvalue weighted by molar-refractivity contribution is 14.0. The smallest absolute Gasteiger partial charge is 0.283 e. The van der Waals surface area contributed by atoms with Crippen LogP contribution in [0.4, 0.5) is 4.39 Å². The largest absolute Gasteiger partial charge is 0.297 e. The lowest BCUT2D eigenvalue weighted by Crippen LogP contribution is -2.12. The minimum Gasteiger partial charge on any atom is -0.283 e. The average Bonchev–Trinajstić information content (AvgIpc) is 1.62. The van der Waals surface area contributed by atoms with Crippen LogP contribution in [-0.4, -0.2) is 18.5 Å². The molecular formula is C3H8FIO3S. The van der Waals surface area contributed by atoms with Gasteiger partial charge in [-0.15, -0.1) is 24.0 Å². The van der Waals surface area contributed by atoms with Crippen molar-refractivity contribution in [2.45, 2.75) is 18.8 Å². The van der Waals surface area contributed by atoms with E-state index in [1.807, 2.05) is 0 Å². The van der Waals surface area contributed by atoms with Gasteiger partial charge in [-0.3, -0.25) is 4.55 Å². The molecule has 0 amide bonds. The van der Waals surface area contributed by atoms with Gasteiger partial charge in [0.1, 0.15) is 0 Å². The predicted molar refractivity (Wildman–Crippen MR) is 42.2 cm³/mol. The Hall–Kier alpha value is 0.570. The number of halogens is 2. The van der Waals surface area contributed by atoms with Crippen molar-refractivity contribution < 1.29 is 17.4 Å². The molecule has 0 spiro atoms. The lowest BCUT2D eigenvalue weighted by atomic mass is 10.6. The Morgan fingerprint density at radius 2 is 2.00 bits per heavy atom. The molecule has 0 aromatic carbocycles. The molecule has 58 valence electrons. The third-order valence-electron chi connectivity index (χ3n) is 0.644. The van der Waals surface area contributed by atoms with Crippen LogP contribution in [-0.2, 0) is 10.1 Å². The van der Waals surface area contributed by atoms with Gasteiger partial charge in [-0.05, 0) is 6.42 Å². The molecule has 0 rings (SSSR count). The summed E-state index contributed by atoms with van der Waals surface area (Å²) in [4.78, 5) is 0. The van der Waals surface area contributed by atoms with Gasteiger partial charge < -0.3 is 0 Å². The van der Waals surface area contributed by atoms with Gasteiger partial charge in [-0.2, -0.15) is 8.42 Å². The molecule has 0 aromatic heterocycles. The second-order valence-electron chi connectivity index (χ2n) is 1.33. The van der Waals surface area contributed by atoms with Gasteiger partial charge in [0.05, 0.1) is 0 Å². The van der Waals surface area contributed by atoms with E-state index in [0.29, 0.717) is 0 Å². The van der Waals surface area contributed by atoms with Crippen molar-refractivity contribution in [2.24, 2.45) is 0 Å². The van der Waals surface area contributed by atoms with E-state index >= 15 is 0 Å². The molecule has 0 saturated heterocycles. The van der Waals surface area contributed by atoms with Crippen LogP contribution in [0.3, 0.4) is 0 Å². The van der Waals surface area contributed by atoms with Crippen molar-refractivity contribution in [3.63, 3.8) is 0 Å². The topological polar surface area (TPSA) is 54.4 Å². The summed E-state index contributed by atoms with van der Waals surface area (Å²) < 4.78 is 39.2. The quantitative estimate of drug-likeness (QED) is 0.606. The molecular weight excluding hydrogens is 262 g/mol. The summed E-state index contributed by atoms with van der Waals surface area (Å²) in [6.45, 7) is 1.33. The lowest BCUT2D eigenvalue weighted by Gasteiger charge is -1.96. The Bertz CT molecular complexity index is 154. The summed E-state index contributed by atoms with van der Waals surface area (Å²) in [7, 11) is -4.42. The Labute approximate surface area is 70.4 Å². The van der Waals surface area contributed by atoms with Crippen LogP contribution in [0.15, 0.2) is 0 Å². The number of hydrogen-bond donors (Lipinski definition) is 1. The second kappa shape index (κ2) is 4.40. The van der Waals surface area contributed by atoms with E-state index in [1.54, 1.807) is 0 Å². The van der Waals surface area contributed by atoms with Crippen molar-refractivity contribution in [3.05, 3.63) is 0 Å². The van der Waals surface area contributed by atoms with Crippen LogP contribution in [0.25, 0.3) is 0 Å². The molecule has 1 atom stereocenters. The number of alkyl halides is 1. The van der Waals surface area contributed by atoms with Crippen LogP contribution in [0.5, 0.6) is 0 Å². The molecule has 0 fully saturated rings. The first-order valence-corrected chi connectivity index (χ1v) is 3.59. The fourth-order valence-corrected chi connectivity index (χ4v) is 0.632. The van der Waals surface area contributed by atoms with E-state index in [2.05, 4.69) is 0 Å². The lowest BCUT2D eigenvalue weighted by molar-refractivity contribution is 0.366. The maximum atomic E-state index is 11.8. The normalized spacial score (nSPS) is 14.1. The third kappa shape index (κ3) is 5.04. The van der Waals surface area contributed by atoms with E-state index in [0.717, 1.165) is 0 Å².